The zero-order chi connectivity index (χ0) is 5.86. The van der Waals surface area contributed by atoms with Gasteiger partial charge in [-0.25, -0.2) is 0 Å². The highest BCUT2D eigenvalue weighted by atomic mass is 16.3. The van der Waals surface area contributed by atoms with Crippen LogP contribution in [0.4, 0.5) is 0 Å². The molecule has 0 saturated carbocycles. The number of hydrogen-bond donors (Lipinski definition) is 2. The van der Waals surface area contributed by atoms with Gasteiger partial charge in [-0.15, -0.1) is 0 Å². The molecule has 0 heterocycles. The molecule has 0 aromatic carbocycles. The van der Waals surface area contributed by atoms with E-state index in [9.17, 15) is 4.79 Å². The van der Waals surface area contributed by atoms with Crippen LogP contribution in [-0.4, -0.2) is 28.7 Å². The first-order chi connectivity index (χ1) is 3.18. The number of aliphatic hydroxyl groups is 2. The second kappa shape index (κ2) is 2.71. The minimum Gasteiger partial charge on any atom is -0.388 e. The van der Waals surface area contributed by atoms with Crippen LogP contribution in [0.2, 0.25) is 0 Å². The number of carbonyl (C=O) groups is 1. The van der Waals surface area contributed by atoms with Gasteiger partial charge in [-0.2, -0.15) is 0 Å². The third-order valence-corrected chi connectivity index (χ3v) is 0.622. The number of rotatable bonds is 2. The van der Waals surface area contributed by atoms with Gasteiger partial charge in [-0.3, -0.25) is 4.79 Å². The molecule has 3 nitrogen and oxygen atoms in total. The summed E-state index contributed by atoms with van der Waals surface area (Å²) in [6, 6.07) is 0. The van der Waals surface area contributed by atoms with Crippen molar-refractivity contribution in [3.63, 3.8) is 0 Å². The quantitative estimate of drug-likeness (QED) is 0.469. The van der Waals surface area contributed by atoms with Gasteiger partial charge in [-0.05, 0) is 6.92 Å². The molecule has 1 atom stereocenters. The summed E-state index contributed by atoms with van der Waals surface area (Å²) in [5, 5.41) is 16.3. The summed E-state index contributed by atoms with van der Waals surface area (Å²) in [5.74, 6) is -0.542. The first kappa shape index (κ1) is 6.59. The lowest BCUT2D eigenvalue weighted by Gasteiger charge is -1.94. The topological polar surface area (TPSA) is 57.5 Å². The predicted molar refractivity (Wildman–Crippen MR) is 23.8 cm³/mol. The molecule has 0 aromatic rings. The van der Waals surface area contributed by atoms with Gasteiger partial charge in [-0.1, -0.05) is 0 Å². The van der Waals surface area contributed by atoms with Gasteiger partial charge in [0.25, 0.3) is 0 Å². The molecule has 0 rings (SSSR count). The van der Waals surface area contributed by atoms with Gasteiger partial charge in [0.2, 0.25) is 0 Å². The van der Waals surface area contributed by atoms with Crippen LogP contribution >= 0.6 is 0 Å². The molecule has 0 aromatic heterocycles. The van der Waals surface area contributed by atoms with Crippen LogP contribution in [-0.2, 0) is 4.79 Å². The Morgan fingerprint density at radius 2 is 2.29 bits per heavy atom. The monoisotopic (exact) mass is 104 g/mol. The van der Waals surface area contributed by atoms with E-state index < -0.39 is 18.5 Å². The van der Waals surface area contributed by atoms with Gasteiger partial charge in [0.1, 0.15) is 12.7 Å². The molecular formula is C4H8O3. The predicted octanol–water partition coefficient (Wildman–Crippen LogP) is -1.07. The van der Waals surface area contributed by atoms with Crippen molar-refractivity contribution in [1.29, 1.82) is 0 Å². The average molecular weight is 104 g/mol. The van der Waals surface area contributed by atoms with Crippen LogP contribution in [0.1, 0.15) is 6.92 Å². The van der Waals surface area contributed by atoms with E-state index in [4.69, 9.17) is 10.2 Å². The van der Waals surface area contributed by atoms with Crippen LogP contribution in [0.5, 0.6) is 0 Å². The fourth-order valence-corrected chi connectivity index (χ4v) is 0.132. The Bertz CT molecular complexity index is 67.3. The smallest absolute Gasteiger partial charge is 0.186 e. The van der Waals surface area contributed by atoms with Crippen LogP contribution in [0.25, 0.3) is 0 Å². The van der Waals surface area contributed by atoms with E-state index in [0.29, 0.717) is 0 Å². The molecule has 42 valence electrons. The maximum atomic E-state index is 10.0. The van der Waals surface area contributed by atoms with Crippen molar-refractivity contribution in [2.24, 2.45) is 0 Å². The summed E-state index contributed by atoms with van der Waals surface area (Å²) in [6.07, 6.45) is -1.02. The van der Waals surface area contributed by atoms with Crippen molar-refractivity contribution in [3.8, 4) is 0 Å². The van der Waals surface area contributed by atoms with Crippen molar-refractivity contribution in [1.82, 2.24) is 0 Å². The molecule has 0 aliphatic rings. The van der Waals surface area contributed by atoms with Crippen LogP contribution in [0.15, 0.2) is 0 Å². The summed E-state index contributed by atoms with van der Waals surface area (Å²) < 4.78 is 0. The van der Waals surface area contributed by atoms with Crippen molar-refractivity contribution < 1.29 is 15.0 Å². The first-order valence-corrected chi connectivity index (χ1v) is 2.00. The van der Waals surface area contributed by atoms with E-state index in [0.717, 1.165) is 0 Å². The Morgan fingerprint density at radius 3 is 2.29 bits per heavy atom. The summed E-state index contributed by atoms with van der Waals surface area (Å²) in [6.45, 7) is 0.746. The first-order valence-electron chi connectivity index (χ1n) is 2.00. The molecule has 0 unspecified atom stereocenters. The molecule has 0 spiro atoms. The van der Waals surface area contributed by atoms with Crippen molar-refractivity contribution in [2.45, 2.75) is 13.0 Å². The van der Waals surface area contributed by atoms with Gasteiger partial charge >= 0.3 is 0 Å². The van der Waals surface area contributed by atoms with Gasteiger partial charge in [0.05, 0.1) is 0 Å². The van der Waals surface area contributed by atoms with Gasteiger partial charge in [0, 0.05) is 0 Å². The Morgan fingerprint density at radius 1 is 1.86 bits per heavy atom. The van der Waals surface area contributed by atoms with Crippen molar-refractivity contribution >= 4 is 5.78 Å². The van der Waals surface area contributed by atoms with E-state index in [1.165, 1.54) is 6.92 Å². The molecular weight excluding hydrogens is 96.0 g/mol. The van der Waals surface area contributed by atoms with E-state index in [2.05, 4.69) is 0 Å². The van der Waals surface area contributed by atoms with E-state index >= 15 is 0 Å². The number of ketones is 1. The van der Waals surface area contributed by atoms with Gasteiger partial charge < -0.3 is 10.2 Å². The number of Topliss-reactive ketones (excluding diaryl/α,β-unsaturated/α-hetero) is 1. The second-order valence-electron chi connectivity index (χ2n) is 1.30. The highest BCUT2D eigenvalue weighted by Crippen LogP contribution is 1.78. The van der Waals surface area contributed by atoms with Gasteiger partial charge in [0.15, 0.2) is 5.78 Å². The molecule has 0 aliphatic carbocycles. The molecule has 3 heteroatoms. The molecule has 0 bridgehead atoms. The molecule has 0 saturated heterocycles. The number of hydrogen-bond acceptors (Lipinski definition) is 3. The Balaban J connectivity index is 3.35. The maximum absolute atomic E-state index is 10.0. The fraction of sp³-hybridized carbons (Fsp3) is 0.750. The average Bonchev–Trinajstić information content (AvgIpc) is 1.65. The van der Waals surface area contributed by atoms with Crippen LogP contribution in [0.3, 0.4) is 0 Å². The third-order valence-electron chi connectivity index (χ3n) is 0.622. The lowest BCUT2D eigenvalue weighted by Crippen LogP contribution is -2.19. The second-order valence-corrected chi connectivity index (χ2v) is 1.30. The highest BCUT2D eigenvalue weighted by molar-refractivity contribution is 5.83. The summed E-state index contributed by atoms with van der Waals surface area (Å²) in [4.78, 5) is 10.0. The van der Waals surface area contributed by atoms with E-state index in [1.54, 1.807) is 0 Å². The third kappa shape index (κ3) is 2.31. The normalized spacial score (nSPS) is 13.6. The fourth-order valence-electron chi connectivity index (χ4n) is 0.132. The lowest BCUT2D eigenvalue weighted by atomic mass is 10.3. The molecule has 0 radical (unpaired) electrons. The van der Waals surface area contributed by atoms with Crippen molar-refractivity contribution in [3.05, 3.63) is 0 Å². The Labute approximate surface area is 41.6 Å². The molecule has 0 fully saturated rings. The number of carbonyl (C=O) groups excluding carboxylic acids is 1. The maximum Gasteiger partial charge on any atom is 0.186 e. The Hall–Kier alpha value is -0.410. The van der Waals surface area contributed by atoms with Crippen LogP contribution in [0, 0.1) is 0 Å². The summed E-state index contributed by atoms with van der Waals surface area (Å²) in [5.41, 5.74) is 0. The highest BCUT2D eigenvalue weighted by Gasteiger charge is 2.04. The van der Waals surface area contributed by atoms with E-state index in [1.807, 2.05) is 0 Å². The number of aliphatic hydroxyl groups excluding tert-OH is 2. The van der Waals surface area contributed by atoms with Crippen molar-refractivity contribution in [2.75, 3.05) is 6.61 Å². The Kier molecular flexibility index (Phi) is 2.55. The van der Waals surface area contributed by atoms with Crippen LogP contribution < -0.4 is 0 Å². The molecule has 2 N–H and O–H groups in total. The van der Waals surface area contributed by atoms with E-state index in [-0.39, 0.29) is 0 Å². The summed E-state index contributed by atoms with van der Waals surface area (Å²) >= 11 is 0. The molecule has 0 amide bonds. The largest absolute Gasteiger partial charge is 0.388 e. The SMILES string of the molecule is C[C@@H](O)C(=O)CO. The standard InChI is InChI=1S/C4H8O3/c1-3(6)4(7)2-5/h3,5-6H,2H2,1H3/t3-/m1/s1. The minimum absolute atomic E-state index is 0.542. The molecule has 0 aliphatic heterocycles. The lowest BCUT2D eigenvalue weighted by molar-refractivity contribution is -0.129. The molecule has 7 heavy (non-hydrogen) atoms. The minimum atomic E-state index is -1.02. The zero-order valence-electron chi connectivity index (χ0n) is 4.09. The zero-order valence-corrected chi connectivity index (χ0v) is 4.09. The summed E-state index contributed by atoms with van der Waals surface area (Å²) in [7, 11) is 0.